The summed E-state index contributed by atoms with van der Waals surface area (Å²) < 4.78 is 73.8. The maximum atomic E-state index is 13.5. The normalized spacial score (nSPS) is 14.6. The molecule has 2 rings (SSSR count). The molecule has 0 aliphatic heterocycles. The van der Waals surface area contributed by atoms with Gasteiger partial charge in [-0.1, -0.05) is 101 Å². The number of esters is 1. The topological polar surface area (TPSA) is 166 Å². The maximum Gasteiger partial charge on any atom is 0.408 e. The summed E-state index contributed by atoms with van der Waals surface area (Å²) in [4.78, 5) is 24.0. The van der Waals surface area contributed by atoms with Crippen LogP contribution in [0.25, 0.3) is 0 Å². The molecule has 3 N–H and O–H groups in total. The summed E-state index contributed by atoms with van der Waals surface area (Å²) in [5.74, 6) is -0.992. The minimum absolute atomic E-state index is 0.195. The third-order valence-corrected chi connectivity index (χ3v) is 14.4. The lowest BCUT2D eigenvalue weighted by Gasteiger charge is -2.43. The van der Waals surface area contributed by atoms with Gasteiger partial charge in [-0.3, -0.25) is 4.79 Å². The Morgan fingerprint density at radius 3 is 1.78 bits per heavy atom. The molecule has 0 aliphatic rings. The molecule has 15 heteroatoms. The first kappa shape index (κ1) is 41.8. The Hall–Kier alpha value is -3.34. The van der Waals surface area contributed by atoms with Gasteiger partial charge >= 0.3 is 12.1 Å². The molecule has 1 amide bonds. The highest BCUT2D eigenvalue weighted by Crippen LogP contribution is 2.36. The second-order valence-corrected chi connectivity index (χ2v) is 21.3. The number of benzene rings is 2. The van der Waals surface area contributed by atoms with Gasteiger partial charge in [0.15, 0.2) is 0 Å². The third kappa shape index (κ3) is 13.5. The molecule has 12 nitrogen and oxygen atoms in total. The van der Waals surface area contributed by atoms with Crippen LogP contribution in [-0.2, 0) is 38.7 Å². The van der Waals surface area contributed by atoms with Crippen molar-refractivity contribution in [1.29, 1.82) is 0 Å². The molecule has 0 aliphatic carbocycles. The van der Waals surface area contributed by atoms with Crippen molar-refractivity contribution < 1.29 is 40.3 Å². The molecular weight excluding hydrogens is 687 g/mol. The minimum atomic E-state index is -4.24. The largest absolute Gasteiger partial charge is 0.468 e. The summed E-state index contributed by atoms with van der Waals surface area (Å²) in [5.41, 5.74) is -0.750. The van der Waals surface area contributed by atoms with Gasteiger partial charge in [-0.25, -0.2) is 31.1 Å². The number of carbonyl (C=O) groups is 2. The maximum absolute atomic E-state index is 13.5. The van der Waals surface area contributed by atoms with Gasteiger partial charge in [0.1, 0.15) is 12.1 Å². The molecule has 0 saturated heterocycles. The number of alkyl carbamates (subject to hydrolysis) is 1. The molecule has 0 fully saturated rings. The van der Waals surface area contributed by atoms with Crippen molar-refractivity contribution in [3.63, 3.8) is 0 Å². The number of methoxy groups -OCH3 is 1. The summed E-state index contributed by atoms with van der Waals surface area (Å²) in [6.45, 7) is 14.1. The zero-order chi connectivity index (χ0) is 37.1. The molecule has 0 saturated carbocycles. The van der Waals surface area contributed by atoms with Crippen LogP contribution in [0.4, 0.5) is 4.79 Å². The van der Waals surface area contributed by atoms with Gasteiger partial charge in [-0.15, -0.1) is 0 Å². The quantitative estimate of drug-likeness (QED) is 0.173. The van der Waals surface area contributed by atoms with Crippen molar-refractivity contribution in [2.24, 2.45) is 5.92 Å². The van der Waals surface area contributed by atoms with Crippen molar-refractivity contribution in [2.45, 2.75) is 78.1 Å². The Balaban J connectivity index is 2.54. The van der Waals surface area contributed by atoms with Crippen molar-refractivity contribution >= 4 is 50.8 Å². The van der Waals surface area contributed by atoms with Crippen molar-refractivity contribution in [2.75, 3.05) is 20.3 Å². The predicted molar refractivity (Wildman–Crippen MR) is 195 cm³/mol. The molecule has 0 bridgehead atoms. The van der Waals surface area contributed by atoms with Gasteiger partial charge in [0, 0.05) is 10.8 Å². The van der Waals surface area contributed by atoms with E-state index < -0.39 is 69.7 Å². The van der Waals surface area contributed by atoms with Gasteiger partial charge < -0.3 is 19.2 Å². The van der Waals surface area contributed by atoms with E-state index in [4.69, 9.17) is 9.16 Å². The molecular formula is C34H51N3O9S2Si. The van der Waals surface area contributed by atoms with Gasteiger partial charge in [0.25, 0.3) is 8.32 Å². The minimum Gasteiger partial charge on any atom is -0.468 e. The lowest BCUT2D eigenvalue weighted by molar-refractivity contribution is -0.139. The van der Waals surface area contributed by atoms with E-state index in [9.17, 15) is 26.4 Å². The third-order valence-electron chi connectivity index (χ3n) is 7.21. The number of amides is 1. The lowest BCUT2D eigenvalue weighted by Crippen LogP contribution is -2.67. The first-order valence-corrected chi connectivity index (χ1v) is 20.8. The Labute approximate surface area is 292 Å². The Morgan fingerprint density at radius 1 is 0.816 bits per heavy atom. The second kappa shape index (κ2) is 17.5. The highest BCUT2D eigenvalue weighted by atomic mass is 32.2. The van der Waals surface area contributed by atoms with Crippen LogP contribution in [0.1, 0.15) is 55.4 Å². The van der Waals surface area contributed by atoms with Crippen LogP contribution in [0, 0.1) is 5.92 Å². The summed E-state index contributed by atoms with van der Waals surface area (Å²) in [6.07, 6.45) is 1.78. The van der Waals surface area contributed by atoms with Crippen LogP contribution < -0.4 is 25.1 Å². The van der Waals surface area contributed by atoms with Gasteiger partial charge in [-0.2, -0.15) is 0 Å². The average molecular weight is 738 g/mol. The molecule has 49 heavy (non-hydrogen) atoms. The molecule has 0 radical (unpaired) electrons. The molecule has 0 heterocycles. The monoisotopic (exact) mass is 737 g/mol. The van der Waals surface area contributed by atoms with Crippen LogP contribution >= 0.6 is 0 Å². The molecule has 272 valence electrons. The molecule has 2 atom stereocenters. The number of hydrogen-bond donors (Lipinski definition) is 3. The van der Waals surface area contributed by atoms with E-state index in [2.05, 4.69) is 40.3 Å². The number of nitrogens with one attached hydrogen (secondary N) is 3. The highest BCUT2D eigenvalue weighted by Gasteiger charge is 2.50. The predicted octanol–water partition coefficient (Wildman–Crippen LogP) is 3.52. The van der Waals surface area contributed by atoms with Crippen molar-refractivity contribution in [3.05, 3.63) is 83.6 Å². The molecule has 2 aromatic carbocycles. The van der Waals surface area contributed by atoms with Gasteiger partial charge in [-0.05, 0) is 48.2 Å². The standard InChI is InChI=1S/C34H51N3O9S2Si/c1-26(2)30(36-32(39)46-33(3,4)5)21-23-48(42,43)37-27(20-22-47(40,41)35-24-31(38)44-9)25-45-49(34(6,7)8,28-16-12-10-13-17-28)29-18-14-11-15-19-29/h10-23,26-27,30,35,37H,24-25H2,1-9H3,(H,36,39)/b22-20+,23-21+/t27-,30-/m1/s1. The van der Waals surface area contributed by atoms with E-state index in [1.807, 2.05) is 74.5 Å². The number of ether oxygens (including phenoxy) is 2. The molecule has 0 aromatic heterocycles. The average Bonchev–Trinajstić information content (AvgIpc) is 3.00. The SMILES string of the molecule is COC(=O)CNS(=O)(=O)/C=C/[C@H](CO[Si](c1ccccc1)(c1ccccc1)C(C)(C)C)NS(=O)(=O)/C=C/[C@@H](NC(=O)OC(C)(C)C)C(C)C. The van der Waals surface area contributed by atoms with Crippen LogP contribution in [0.2, 0.25) is 5.04 Å². The Morgan fingerprint density at radius 2 is 1.33 bits per heavy atom. The van der Waals surface area contributed by atoms with E-state index in [1.165, 1.54) is 6.08 Å². The van der Waals surface area contributed by atoms with Crippen molar-refractivity contribution in [3.8, 4) is 0 Å². The Kier molecular flexibility index (Phi) is 15.0. The summed E-state index contributed by atoms with van der Waals surface area (Å²) in [5, 5.41) is 5.81. The van der Waals surface area contributed by atoms with Crippen LogP contribution in [0.3, 0.4) is 0 Å². The summed E-state index contributed by atoms with van der Waals surface area (Å²) in [7, 11) is -10.5. The van der Waals surface area contributed by atoms with Crippen molar-refractivity contribution in [1.82, 2.24) is 14.8 Å². The van der Waals surface area contributed by atoms with Gasteiger partial charge in [0.05, 0.1) is 25.8 Å². The van der Waals surface area contributed by atoms with E-state index in [1.54, 1.807) is 20.8 Å². The zero-order valence-corrected chi connectivity index (χ0v) is 32.4. The fourth-order valence-corrected chi connectivity index (χ4v) is 11.3. The van der Waals surface area contributed by atoms with E-state index >= 15 is 0 Å². The lowest BCUT2D eigenvalue weighted by atomic mass is 10.1. The van der Waals surface area contributed by atoms with E-state index in [-0.39, 0.29) is 12.5 Å². The fourth-order valence-electron chi connectivity index (χ4n) is 4.90. The van der Waals surface area contributed by atoms with E-state index in [0.29, 0.717) is 0 Å². The number of rotatable bonds is 16. The first-order chi connectivity index (χ1) is 22.6. The zero-order valence-electron chi connectivity index (χ0n) is 29.7. The van der Waals surface area contributed by atoms with Crippen LogP contribution in [0.15, 0.2) is 83.6 Å². The van der Waals surface area contributed by atoms with Crippen LogP contribution in [-0.4, -0.2) is 75.2 Å². The summed E-state index contributed by atoms with van der Waals surface area (Å²) in [6, 6.07) is 17.5. The molecule has 0 unspecified atom stereocenters. The molecule has 0 spiro atoms. The van der Waals surface area contributed by atoms with Crippen LogP contribution in [0.5, 0.6) is 0 Å². The Bertz CT molecular complexity index is 1610. The van der Waals surface area contributed by atoms with Gasteiger partial charge in [0.2, 0.25) is 20.0 Å². The van der Waals surface area contributed by atoms with E-state index in [0.717, 1.165) is 34.4 Å². The number of hydrogen-bond acceptors (Lipinski definition) is 9. The fraction of sp³-hybridized carbons (Fsp3) is 0.471. The first-order valence-electron chi connectivity index (χ1n) is 15.8. The summed E-state index contributed by atoms with van der Waals surface area (Å²) >= 11 is 0. The second-order valence-electron chi connectivity index (χ2n) is 13.8. The number of sulfonamides is 2. The molecule has 2 aromatic rings. The highest BCUT2D eigenvalue weighted by molar-refractivity contribution is 7.92. The number of carbonyl (C=O) groups excluding carboxylic acids is 2. The smallest absolute Gasteiger partial charge is 0.408 e.